The van der Waals surface area contributed by atoms with Gasteiger partial charge >= 0.3 is 0 Å². The first-order valence-electron chi connectivity index (χ1n) is 4.89. The van der Waals surface area contributed by atoms with Crippen LogP contribution in [0.4, 0.5) is 0 Å². The van der Waals surface area contributed by atoms with E-state index >= 15 is 0 Å². The Hall–Kier alpha value is -0.340. The standard InChI is InChI=1S/C10H22N2/c1-4-7-9-12(6-3)10-8-11-5-2/h4,11H,1,5-10H2,2-3H3. The zero-order valence-electron chi connectivity index (χ0n) is 8.47. The van der Waals surface area contributed by atoms with Gasteiger partial charge in [0, 0.05) is 19.6 Å². The first kappa shape index (κ1) is 11.7. The quantitative estimate of drug-likeness (QED) is 0.438. The molecule has 0 aromatic carbocycles. The van der Waals surface area contributed by atoms with Crippen molar-refractivity contribution in [2.24, 2.45) is 0 Å². The van der Waals surface area contributed by atoms with E-state index in [2.05, 4.69) is 30.6 Å². The highest BCUT2D eigenvalue weighted by Crippen LogP contribution is 1.90. The molecule has 2 nitrogen and oxygen atoms in total. The smallest absolute Gasteiger partial charge is 0.0107 e. The van der Waals surface area contributed by atoms with Gasteiger partial charge in [-0.1, -0.05) is 19.9 Å². The van der Waals surface area contributed by atoms with Crippen molar-refractivity contribution in [1.29, 1.82) is 0 Å². The molecule has 0 aliphatic heterocycles. The van der Waals surface area contributed by atoms with Crippen LogP contribution in [0, 0.1) is 0 Å². The summed E-state index contributed by atoms with van der Waals surface area (Å²) in [7, 11) is 0. The van der Waals surface area contributed by atoms with Crippen LogP contribution in [0.25, 0.3) is 0 Å². The molecule has 0 saturated carbocycles. The molecule has 0 amide bonds. The summed E-state index contributed by atoms with van der Waals surface area (Å²) >= 11 is 0. The topological polar surface area (TPSA) is 15.3 Å². The summed E-state index contributed by atoms with van der Waals surface area (Å²) in [5.41, 5.74) is 0. The summed E-state index contributed by atoms with van der Waals surface area (Å²) < 4.78 is 0. The molecule has 0 aromatic rings. The van der Waals surface area contributed by atoms with Gasteiger partial charge in [-0.25, -0.2) is 0 Å². The van der Waals surface area contributed by atoms with Gasteiger partial charge in [0.15, 0.2) is 0 Å². The summed E-state index contributed by atoms with van der Waals surface area (Å²) in [6.45, 7) is 13.7. The van der Waals surface area contributed by atoms with E-state index < -0.39 is 0 Å². The van der Waals surface area contributed by atoms with Crippen LogP contribution in [-0.2, 0) is 0 Å². The molecular weight excluding hydrogens is 148 g/mol. The molecule has 0 fully saturated rings. The van der Waals surface area contributed by atoms with Crippen molar-refractivity contribution >= 4 is 0 Å². The minimum Gasteiger partial charge on any atom is -0.316 e. The lowest BCUT2D eigenvalue weighted by molar-refractivity contribution is 0.293. The van der Waals surface area contributed by atoms with Gasteiger partial charge < -0.3 is 10.2 Å². The van der Waals surface area contributed by atoms with Crippen LogP contribution in [0.3, 0.4) is 0 Å². The molecule has 72 valence electrons. The Kier molecular flexibility index (Phi) is 8.51. The third kappa shape index (κ3) is 6.38. The Morgan fingerprint density at radius 2 is 2.08 bits per heavy atom. The van der Waals surface area contributed by atoms with E-state index in [0.717, 1.165) is 39.1 Å². The van der Waals surface area contributed by atoms with Gasteiger partial charge in [-0.3, -0.25) is 0 Å². The molecule has 12 heavy (non-hydrogen) atoms. The summed E-state index contributed by atoms with van der Waals surface area (Å²) in [4.78, 5) is 2.43. The Morgan fingerprint density at radius 3 is 2.58 bits per heavy atom. The van der Waals surface area contributed by atoms with Crippen molar-refractivity contribution in [1.82, 2.24) is 10.2 Å². The number of hydrogen-bond acceptors (Lipinski definition) is 2. The molecular formula is C10H22N2. The first-order chi connectivity index (χ1) is 5.85. The average Bonchev–Trinajstić information content (AvgIpc) is 2.11. The highest BCUT2D eigenvalue weighted by Gasteiger charge is 1.98. The molecule has 0 aliphatic rings. The van der Waals surface area contributed by atoms with Crippen molar-refractivity contribution in [2.75, 3.05) is 32.7 Å². The van der Waals surface area contributed by atoms with Crippen molar-refractivity contribution in [3.63, 3.8) is 0 Å². The van der Waals surface area contributed by atoms with E-state index in [1.165, 1.54) is 0 Å². The predicted molar refractivity (Wildman–Crippen MR) is 55.5 cm³/mol. The second kappa shape index (κ2) is 8.75. The maximum absolute atomic E-state index is 3.72. The van der Waals surface area contributed by atoms with Crippen molar-refractivity contribution in [3.8, 4) is 0 Å². The SMILES string of the molecule is C=CCCN(CC)CCNCC. The van der Waals surface area contributed by atoms with Crippen molar-refractivity contribution < 1.29 is 0 Å². The van der Waals surface area contributed by atoms with Crippen LogP contribution in [0.15, 0.2) is 12.7 Å². The lowest BCUT2D eigenvalue weighted by Crippen LogP contribution is -2.32. The zero-order valence-corrected chi connectivity index (χ0v) is 8.47. The molecule has 0 rings (SSSR count). The van der Waals surface area contributed by atoms with Gasteiger partial charge in [0.05, 0.1) is 0 Å². The predicted octanol–water partition coefficient (Wildman–Crippen LogP) is 1.49. The summed E-state index contributed by atoms with van der Waals surface area (Å²) in [6, 6.07) is 0. The van der Waals surface area contributed by atoms with E-state index in [-0.39, 0.29) is 0 Å². The Labute approximate surface area is 76.6 Å². The van der Waals surface area contributed by atoms with Gasteiger partial charge in [-0.05, 0) is 19.5 Å². The third-order valence-corrected chi connectivity index (χ3v) is 1.95. The molecule has 0 unspecified atom stereocenters. The minimum atomic E-state index is 1.07. The Bertz CT molecular complexity index is 102. The summed E-state index contributed by atoms with van der Waals surface area (Å²) in [5.74, 6) is 0. The van der Waals surface area contributed by atoms with Crippen LogP contribution >= 0.6 is 0 Å². The maximum atomic E-state index is 3.72. The maximum Gasteiger partial charge on any atom is 0.0107 e. The fourth-order valence-electron chi connectivity index (χ4n) is 1.12. The number of rotatable bonds is 8. The Morgan fingerprint density at radius 1 is 1.33 bits per heavy atom. The van der Waals surface area contributed by atoms with Crippen LogP contribution in [-0.4, -0.2) is 37.6 Å². The second-order valence-corrected chi connectivity index (χ2v) is 2.87. The molecule has 1 N–H and O–H groups in total. The van der Waals surface area contributed by atoms with Gasteiger partial charge in [0.1, 0.15) is 0 Å². The van der Waals surface area contributed by atoms with E-state index in [1.54, 1.807) is 0 Å². The summed E-state index contributed by atoms with van der Waals surface area (Å²) in [6.07, 6.45) is 3.08. The van der Waals surface area contributed by atoms with Crippen LogP contribution < -0.4 is 5.32 Å². The van der Waals surface area contributed by atoms with Crippen molar-refractivity contribution in [3.05, 3.63) is 12.7 Å². The number of likely N-dealkylation sites (N-methyl/N-ethyl adjacent to an activating group) is 2. The van der Waals surface area contributed by atoms with Gasteiger partial charge in [-0.15, -0.1) is 6.58 Å². The molecule has 0 aromatic heterocycles. The van der Waals surface area contributed by atoms with E-state index in [4.69, 9.17) is 0 Å². The second-order valence-electron chi connectivity index (χ2n) is 2.87. The van der Waals surface area contributed by atoms with E-state index in [9.17, 15) is 0 Å². The molecule has 0 radical (unpaired) electrons. The van der Waals surface area contributed by atoms with Crippen molar-refractivity contribution in [2.45, 2.75) is 20.3 Å². The molecule has 0 saturated heterocycles. The average molecular weight is 170 g/mol. The van der Waals surface area contributed by atoms with Crippen LogP contribution in [0.1, 0.15) is 20.3 Å². The van der Waals surface area contributed by atoms with Crippen LogP contribution in [0.2, 0.25) is 0 Å². The summed E-state index contributed by atoms with van der Waals surface area (Å²) in [5, 5.41) is 3.32. The molecule has 0 aliphatic carbocycles. The van der Waals surface area contributed by atoms with Gasteiger partial charge in [0.25, 0.3) is 0 Å². The van der Waals surface area contributed by atoms with E-state index in [0.29, 0.717) is 0 Å². The fraction of sp³-hybridized carbons (Fsp3) is 0.800. The van der Waals surface area contributed by atoms with E-state index in [1.807, 2.05) is 6.08 Å². The van der Waals surface area contributed by atoms with Gasteiger partial charge in [-0.2, -0.15) is 0 Å². The minimum absolute atomic E-state index is 1.07. The molecule has 0 atom stereocenters. The number of nitrogens with one attached hydrogen (secondary N) is 1. The first-order valence-corrected chi connectivity index (χ1v) is 4.89. The molecule has 0 heterocycles. The highest BCUT2D eigenvalue weighted by atomic mass is 15.1. The number of hydrogen-bond donors (Lipinski definition) is 1. The fourth-order valence-corrected chi connectivity index (χ4v) is 1.12. The molecule has 0 bridgehead atoms. The van der Waals surface area contributed by atoms with Gasteiger partial charge in [0.2, 0.25) is 0 Å². The monoisotopic (exact) mass is 170 g/mol. The highest BCUT2D eigenvalue weighted by molar-refractivity contribution is 4.69. The third-order valence-electron chi connectivity index (χ3n) is 1.95. The Balaban J connectivity index is 3.32. The molecule has 0 spiro atoms. The number of nitrogens with zero attached hydrogens (tertiary/aromatic N) is 1. The lowest BCUT2D eigenvalue weighted by atomic mass is 10.3. The zero-order chi connectivity index (χ0) is 9.23. The normalized spacial score (nSPS) is 10.6. The largest absolute Gasteiger partial charge is 0.316 e. The lowest BCUT2D eigenvalue weighted by Gasteiger charge is -2.19. The van der Waals surface area contributed by atoms with Crippen LogP contribution in [0.5, 0.6) is 0 Å². The molecule has 2 heteroatoms.